The summed E-state index contributed by atoms with van der Waals surface area (Å²) in [6.07, 6.45) is 5.71. The molecule has 0 saturated carbocycles. The highest BCUT2D eigenvalue weighted by Gasteiger charge is 2.20. The SMILES string of the molecule is C=CC(=O)Nc1cccc(-n2ccc(=O)c3cnc(Nc4ccc(NC5CCN(C)CC5)c(F)c4F)nc32)c1. The van der Waals surface area contributed by atoms with E-state index in [1.807, 2.05) is 7.05 Å². The van der Waals surface area contributed by atoms with Crippen LogP contribution in [0.15, 0.2) is 72.3 Å². The van der Waals surface area contributed by atoms with Crippen LogP contribution < -0.4 is 21.4 Å². The van der Waals surface area contributed by atoms with E-state index in [4.69, 9.17) is 0 Å². The minimum Gasteiger partial charge on any atom is -0.380 e. The van der Waals surface area contributed by atoms with Crippen LogP contribution in [-0.2, 0) is 4.79 Å². The molecule has 4 aromatic rings. The number of anilines is 4. The van der Waals surface area contributed by atoms with Crippen molar-refractivity contribution in [2.45, 2.75) is 18.9 Å². The van der Waals surface area contributed by atoms with Gasteiger partial charge in [-0.1, -0.05) is 12.6 Å². The topological polar surface area (TPSA) is 104 Å². The number of hydrogen-bond acceptors (Lipinski definition) is 7. The average Bonchev–Trinajstić information content (AvgIpc) is 2.94. The van der Waals surface area contributed by atoms with Crippen molar-refractivity contribution in [3.05, 3.63) is 89.4 Å². The van der Waals surface area contributed by atoms with Crippen molar-refractivity contribution < 1.29 is 13.6 Å². The van der Waals surface area contributed by atoms with Crippen molar-refractivity contribution in [1.82, 2.24) is 19.4 Å². The second-order valence-corrected chi connectivity index (χ2v) is 9.36. The van der Waals surface area contributed by atoms with Crippen LogP contribution in [0.2, 0.25) is 0 Å². The first kappa shape index (κ1) is 26.0. The second-order valence-electron chi connectivity index (χ2n) is 9.36. The van der Waals surface area contributed by atoms with Gasteiger partial charge in [-0.15, -0.1) is 0 Å². The Labute approximate surface area is 223 Å². The number of fused-ring (bicyclic) bond motifs is 1. The minimum absolute atomic E-state index is 0.0210. The second kappa shape index (κ2) is 11.0. The third-order valence-corrected chi connectivity index (χ3v) is 6.62. The minimum atomic E-state index is -1.06. The molecule has 1 amide bonds. The first-order valence-electron chi connectivity index (χ1n) is 12.4. The Morgan fingerprint density at radius 2 is 1.85 bits per heavy atom. The Balaban J connectivity index is 1.44. The normalized spacial score (nSPS) is 14.2. The smallest absolute Gasteiger partial charge is 0.247 e. The summed E-state index contributed by atoms with van der Waals surface area (Å²) in [5, 5.41) is 8.75. The molecule has 1 aliphatic heterocycles. The van der Waals surface area contributed by atoms with Gasteiger partial charge in [0.05, 0.1) is 16.8 Å². The number of aromatic nitrogens is 3. The molecule has 3 N–H and O–H groups in total. The maximum absolute atomic E-state index is 15.0. The Hall–Kier alpha value is -4.64. The third-order valence-electron chi connectivity index (χ3n) is 6.62. The van der Waals surface area contributed by atoms with Crippen molar-refractivity contribution in [2.24, 2.45) is 0 Å². The zero-order valence-electron chi connectivity index (χ0n) is 21.2. The number of rotatable bonds is 7. The van der Waals surface area contributed by atoms with E-state index in [9.17, 15) is 14.0 Å². The Morgan fingerprint density at radius 3 is 2.62 bits per heavy atom. The monoisotopic (exact) mass is 531 g/mol. The fourth-order valence-electron chi connectivity index (χ4n) is 4.48. The summed E-state index contributed by atoms with van der Waals surface area (Å²) in [5.74, 6) is -2.44. The Bertz CT molecular complexity index is 1610. The molecule has 1 fully saturated rings. The number of carbonyl (C=O) groups is 1. The molecule has 0 spiro atoms. The van der Waals surface area contributed by atoms with Crippen molar-refractivity contribution in [2.75, 3.05) is 36.1 Å². The van der Waals surface area contributed by atoms with Crippen LogP contribution in [0, 0.1) is 11.6 Å². The summed E-state index contributed by atoms with van der Waals surface area (Å²) < 4.78 is 31.6. The van der Waals surface area contributed by atoms with Gasteiger partial charge < -0.3 is 25.4 Å². The van der Waals surface area contributed by atoms with E-state index in [-0.39, 0.29) is 45.7 Å². The summed E-state index contributed by atoms with van der Waals surface area (Å²) in [7, 11) is 2.03. The van der Waals surface area contributed by atoms with Crippen molar-refractivity contribution in [3.63, 3.8) is 0 Å². The molecule has 0 aliphatic carbocycles. The average molecular weight is 532 g/mol. The highest BCUT2D eigenvalue weighted by atomic mass is 19.2. The summed E-state index contributed by atoms with van der Waals surface area (Å²) in [6, 6.07) is 11.3. The molecule has 1 saturated heterocycles. The molecule has 1 aliphatic rings. The maximum Gasteiger partial charge on any atom is 0.247 e. The van der Waals surface area contributed by atoms with Crippen LogP contribution >= 0.6 is 0 Å². The standard InChI is InChI=1S/C28H27F2N7O2/c1-3-24(39)33-18-5-4-6-19(15-18)37-14-11-23(38)20-16-31-28(35-27(20)37)34-22-8-7-21(25(29)26(22)30)32-17-9-12-36(2)13-10-17/h3-8,11,14-17,32H,1,9-10,12-13H2,2H3,(H,33,39)(H,31,34,35). The van der Waals surface area contributed by atoms with E-state index >= 15 is 4.39 Å². The van der Waals surface area contributed by atoms with Crippen LogP contribution in [0.25, 0.3) is 16.7 Å². The lowest BCUT2D eigenvalue weighted by Crippen LogP contribution is -2.36. The van der Waals surface area contributed by atoms with Gasteiger partial charge in [-0.25, -0.2) is 13.8 Å². The molecular weight excluding hydrogens is 504 g/mol. The lowest BCUT2D eigenvalue weighted by Gasteiger charge is -2.30. The first-order chi connectivity index (χ1) is 18.8. The Morgan fingerprint density at radius 1 is 1.10 bits per heavy atom. The molecule has 3 heterocycles. The Kier molecular flexibility index (Phi) is 7.33. The zero-order chi connectivity index (χ0) is 27.5. The first-order valence-corrected chi connectivity index (χ1v) is 12.4. The third kappa shape index (κ3) is 5.63. The van der Waals surface area contributed by atoms with Gasteiger partial charge in [0.15, 0.2) is 22.7 Å². The molecule has 9 nitrogen and oxygen atoms in total. The number of amides is 1. The molecule has 11 heteroatoms. The lowest BCUT2D eigenvalue weighted by atomic mass is 10.1. The number of likely N-dealkylation sites (tertiary alicyclic amines) is 1. The zero-order valence-corrected chi connectivity index (χ0v) is 21.2. The van der Waals surface area contributed by atoms with Crippen LogP contribution in [0.5, 0.6) is 0 Å². The fourth-order valence-corrected chi connectivity index (χ4v) is 4.48. The summed E-state index contributed by atoms with van der Waals surface area (Å²) in [6.45, 7) is 5.22. The van der Waals surface area contributed by atoms with Gasteiger partial charge in [-0.05, 0) is 69.4 Å². The lowest BCUT2D eigenvalue weighted by molar-refractivity contribution is -0.111. The molecule has 0 atom stereocenters. The van der Waals surface area contributed by atoms with Gasteiger partial charge in [0.25, 0.3) is 0 Å². The molecule has 0 radical (unpaired) electrons. The maximum atomic E-state index is 15.0. The van der Waals surface area contributed by atoms with Crippen molar-refractivity contribution in [3.8, 4) is 5.69 Å². The molecular formula is C28H27F2N7O2. The molecule has 200 valence electrons. The number of hydrogen-bond donors (Lipinski definition) is 3. The number of carbonyl (C=O) groups excluding carboxylic acids is 1. The van der Waals surface area contributed by atoms with E-state index in [1.165, 1.54) is 24.4 Å². The van der Waals surface area contributed by atoms with Gasteiger partial charge in [0.1, 0.15) is 0 Å². The number of piperidine rings is 1. The van der Waals surface area contributed by atoms with Gasteiger partial charge in [-0.3, -0.25) is 9.59 Å². The number of halogens is 2. The highest BCUT2D eigenvalue weighted by molar-refractivity contribution is 5.99. The predicted octanol–water partition coefficient (Wildman–Crippen LogP) is 4.43. The molecule has 0 bridgehead atoms. The summed E-state index contributed by atoms with van der Waals surface area (Å²) in [5.41, 5.74) is 1.03. The van der Waals surface area contributed by atoms with Crippen LogP contribution in [0.1, 0.15) is 12.8 Å². The largest absolute Gasteiger partial charge is 0.380 e. The van der Waals surface area contributed by atoms with Crippen molar-refractivity contribution in [1.29, 1.82) is 0 Å². The summed E-state index contributed by atoms with van der Waals surface area (Å²) >= 11 is 0. The van der Waals surface area contributed by atoms with E-state index in [1.54, 1.807) is 35.0 Å². The number of pyridine rings is 1. The van der Waals surface area contributed by atoms with Crippen LogP contribution in [0.3, 0.4) is 0 Å². The van der Waals surface area contributed by atoms with Crippen molar-refractivity contribution >= 4 is 40.0 Å². The van der Waals surface area contributed by atoms with E-state index in [0.717, 1.165) is 32.0 Å². The van der Waals surface area contributed by atoms with Gasteiger partial charge in [0, 0.05) is 35.9 Å². The predicted molar refractivity (Wildman–Crippen MR) is 148 cm³/mol. The number of nitrogens with zero attached hydrogens (tertiary/aromatic N) is 4. The number of benzene rings is 2. The van der Waals surface area contributed by atoms with Crippen LogP contribution in [-0.4, -0.2) is 51.5 Å². The van der Waals surface area contributed by atoms with E-state index < -0.39 is 11.6 Å². The van der Waals surface area contributed by atoms with E-state index in [0.29, 0.717) is 11.4 Å². The van der Waals surface area contributed by atoms with Gasteiger partial charge in [-0.2, -0.15) is 4.98 Å². The molecule has 5 rings (SSSR count). The number of nitrogens with one attached hydrogen (secondary N) is 3. The van der Waals surface area contributed by atoms with Crippen LogP contribution in [0.4, 0.5) is 31.8 Å². The molecule has 0 unspecified atom stereocenters. The fraction of sp³-hybridized carbons (Fsp3) is 0.214. The highest BCUT2D eigenvalue weighted by Crippen LogP contribution is 2.28. The molecule has 2 aromatic heterocycles. The quantitative estimate of drug-likeness (QED) is 0.303. The van der Waals surface area contributed by atoms with E-state index in [2.05, 4.69) is 37.4 Å². The molecule has 2 aromatic carbocycles. The van der Waals surface area contributed by atoms with Gasteiger partial charge in [0.2, 0.25) is 11.9 Å². The molecule has 39 heavy (non-hydrogen) atoms. The summed E-state index contributed by atoms with van der Waals surface area (Å²) in [4.78, 5) is 35.0. The van der Waals surface area contributed by atoms with Gasteiger partial charge >= 0.3 is 0 Å².